The first kappa shape index (κ1) is 21.5. The van der Waals surface area contributed by atoms with Gasteiger partial charge in [0.1, 0.15) is 11.5 Å². The maximum Gasteiger partial charge on any atom is 0.341 e. The van der Waals surface area contributed by atoms with E-state index in [1.54, 1.807) is 0 Å². The maximum absolute atomic E-state index is 11.3. The average molecular weight is 449 g/mol. The van der Waals surface area contributed by atoms with Crippen LogP contribution in [0.1, 0.15) is 5.56 Å². The number of carboxylic acids is 1. The zero-order valence-electron chi connectivity index (χ0n) is 18.6. The molecule has 168 valence electrons. The zero-order chi connectivity index (χ0) is 23.3. The van der Waals surface area contributed by atoms with E-state index in [-0.39, 0.29) is 0 Å². The summed E-state index contributed by atoms with van der Waals surface area (Å²) >= 11 is 0. The molecule has 0 bridgehead atoms. The van der Waals surface area contributed by atoms with E-state index in [1.165, 1.54) is 5.56 Å². The van der Waals surface area contributed by atoms with Crippen LogP contribution in [0.3, 0.4) is 0 Å². The van der Waals surface area contributed by atoms with E-state index in [2.05, 4.69) is 30.3 Å². The van der Waals surface area contributed by atoms with Crippen LogP contribution < -0.4 is 9.47 Å². The van der Waals surface area contributed by atoms with Crippen LogP contribution in [-0.2, 0) is 11.2 Å². The van der Waals surface area contributed by atoms with Gasteiger partial charge >= 0.3 is 5.97 Å². The molecule has 0 aliphatic carbocycles. The summed E-state index contributed by atoms with van der Waals surface area (Å²) in [7, 11) is 0. The average Bonchev–Trinajstić information content (AvgIpc) is 2.88. The van der Waals surface area contributed by atoms with Gasteiger partial charge in [-0.15, -0.1) is 0 Å². The van der Waals surface area contributed by atoms with E-state index in [0.717, 1.165) is 44.8 Å². The molecule has 34 heavy (non-hydrogen) atoms. The summed E-state index contributed by atoms with van der Waals surface area (Å²) in [5.41, 5.74) is 2.95. The Hall–Kier alpha value is -4.31. The van der Waals surface area contributed by atoms with Crippen molar-refractivity contribution in [1.82, 2.24) is 0 Å². The Bertz CT molecular complexity index is 1460. The molecule has 0 saturated carbocycles. The van der Waals surface area contributed by atoms with E-state index in [9.17, 15) is 9.90 Å². The van der Waals surface area contributed by atoms with Crippen LogP contribution in [0.5, 0.6) is 11.5 Å². The van der Waals surface area contributed by atoms with Crippen LogP contribution in [0, 0.1) is 0 Å². The molecular weight excluding hydrogens is 424 g/mol. The second-order valence-electron chi connectivity index (χ2n) is 8.09. The molecule has 0 atom stereocenters. The minimum absolute atomic E-state index is 0.416. The standard InChI is InChI=1S/C30H24O4/c31-28(32)20-34-27-17-15-23-11-5-7-13-25(23)30(27)29-24-12-6-4-10-22(24)14-16-26(29)33-19-18-21-8-2-1-3-9-21/h1-17H,18-20H2,(H,31,32). The lowest BCUT2D eigenvalue weighted by atomic mass is 9.92. The molecule has 0 unspecified atom stereocenters. The van der Waals surface area contributed by atoms with E-state index in [0.29, 0.717) is 12.4 Å². The predicted octanol–water partition coefficient (Wildman–Crippen LogP) is 6.74. The number of rotatable bonds is 8. The van der Waals surface area contributed by atoms with Gasteiger partial charge in [-0.25, -0.2) is 4.79 Å². The quantitative estimate of drug-likeness (QED) is 0.285. The van der Waals surface area contributed by atoms with Gasteiger partial charge in [0, 0.05) is 17.5 Å². The predicted molar refractivity (Wildman–Crippen MR) is 136 cm³/mol. The van der Waals surface area contributed by atoms with Gasteiger partial charge in [0.15, 0.2) is 6.61 Å². The van der Waals surface area contributed by atoms with Crippen molar-refractivity contribution in [3.63, 3.8) is 0 Å². The normalized spacial score (nSPS) is 10.9. The third kappa shape index (κ3) is 4.44. The fourth-order valence-corrected chi connectivity index (χ4v) is 4.32. The molecule has 0 radical (unpaired) electrons. The summed E-state index contributed by atoms with van der Waals surface area (Å²) in [5.74, 6) is 0.243. The Balaban J connectivity index is 1.66. The highest BCUT2D eigenvalue weighted by Crippen LogP contribution is 2.45. The van der Waals surface area contributed by atoms with Crippen LogP contribution in [0.2, 0.25) is 0 Å². The van der Waals surface area contributed by atoms with Crippen LogP contribution in [0.25, 0.3) is 32.7 Å². The number of fused-ring (bicyclic) bond motifs is 2. The van der Waals surface area contributed by atoms with E-state index in [1.807, 2.05) is 72.8 Å². The first-order valence-electron chi connectivity index (χ1n) is 11.3. The van der Waals surface area contributed by atoms with Crippen molar-refractivity contribution in [3.05, 3.63) is 109 Å². The second-order valence-corrected chi connectivity index (χ2v) is 8.09. The molecule has 1 N–H and O–H groups in total. The first-order chi connectivity index (χ1) is 16.7. The third-order valence-corrected chi connectivity index (χ3v) is 5.87. The molecule has 5 aromatic rings. The largest absolute Gasteiger partial charge is 0.493 e. The zero-order valence-corrected chi connectivity index (χ0v) is 18.6. The SMILES string of the molecule is O=C(O)COc1ccc2ccccc2c1-c1c(OCCc2ccccc2)ccc2ccccc12. The second kappa shape index (κ2) is 9.67. The van der Waals surface area contributed by atoms with E-state index < -0.39 is 12.6 Å². The van der Waals surface area contributed by atoms with Crippen molar-refractivity contribution in [2.45, 2.75) is 6.42 Å². The van der Waals surface area contributed by atoms with Gasteiger partial charge in [0.2, 0.25) is 0 Å². The minimum Gasteiger partial charge on any atom is -0.493 e. The number of hydrogen-bond donors (Lipinski definition) is 1. The van der Waals surface area contributed by atoms with Crippen molar-refractivity contribution in [3.8, 4) is 22.6 Å². The molecule has 0 saturated heterocycles. The molecule has 4 nitrogen and oxygen atoms in total. The van der Waals surface area contributed by atoms with E-state index >= 15 is 0 Å². The molecule has 0 amide bonds. The molecule has 0 aliphatic rings. The highest BCUT2D eigenvalue weighted by atomic mass is 16.5. The number of ether oxygens (including phenoxy) is 2. The number of carboxylic acid groups (broad SMARTS) is 1. The minimum atomic E-state index is -1.02. The first-order valence-corrected chi connectivity index (χ1v) is 11.3. The third-order valence-electron chi connectivity index (χ3n) is 5.87. The number of aliphatic carboxylic acids is 1. The molecule has 0 aliphatic heterocycles. The van der Waals surface area contributed by atoms with Gasteiger partial charge in [-0.05, 0) is 39.2 Å². The number of carbonyl (C=O) groups is 1. The fraction of sp³-hybridized carbons (Fsp3) is 0.100. The number of benzene rings is 5. The smallest absolute Gasteiger partial charge is 0.341 e. The lowest BCUT2D eigenvalue weighted by Crippen LogP contribution is -2.10. The molecule has 5 aromatic carbocycles. The molecule has 0 heterocycles. The van der Waals surface area contributed by atoms with E-state index in [4.69, 9.17) is 9.47 Å². The summed E-state index contributed by atoms with van der Waals surface area (Å²) in [6.07, 6.45) is 0.783. The van der Waals surface area contributed by atoms with Crippen molar-refractivity contribution in [2.75, 3.05) is 13.2 Å². The summed E-state index contributed by atoms with van der Waals surface area (Å²) < 4.78 is 12.1. The Morgan fingerprint density at radius 3 is 1.74 bits per heavy atom. The van der Waals surface area contributed by atoms with Gasteiger partial charge in [0.05, 0.1) is 6.61 Å². The Kier molecular flexibility index (Phi) is 6.13. The maximum atomic E-state index is 11.3. The van der Waals surface area contributed by atoms with Crippen molar-refractivity contribution in [1.29, 1.82) is 0 Å². The summed E-state index contributed by atoms with van der Waals surface area (Å²) in [4.78, 5) is 11.3. The van der Waals surface area contributed by atoms with Crippen molar-refractivity contribution < 1.29 is 19.4 Å². The van der Waals surface area contributed by atoms with Crippen LogP contribution in [-0.4, -0.2) is 24.3 Å². The van der Waals surface area contributed by atoms with Crippen LogP contribution in [0.4, 0.5) is 0 Å². The lowest BCUT2D eigenvalue weighted by molar-refractivity contribution is -0.139. The summed E-state index contributed by atoms with van der Waals surface area (Å²) in [6, 6.07) is 34.3. The molecule has 0 fully saturated rings. The van der Waals surface area contributed by atoms with Gasteiger partial charge in [-0.3, -0.25) is 0 Å². The molecular formula is C30H24O4. The fourth-order valence-electron chi connectivity index (χ4n) is 4.32. The van der Waals surface area contributed by atoms with Crippen LogP contribution >= 0.6 is 0 Å². The topological polar surface area (TPSA) is 55.8 Å². The van der Waals surface area contributed by atoms with Crippen LogP contribution in [0.15, 0.2) is 103 Å². The molecule has 0 aromatic heterocycles. The number of hydrogen-bond acceptors (Lipinski definition) is 3. The molecule has 5 rings (SSSR count). The van der Waals surface area contributed by atoms with Gasteiger partial charge in [-0.1, -0.05) is 91.0 Å². The monoisotopic (exact) mass is 448 g/mol. The lowest BCUT2D eigenvalue weighted by Gasteiger charge is -2.19. The van der Waals surface area contributed by atoms with Crippen molar-refractivity contribution >= 4 is 27.5 Å². The Labute approximate surface area is 198 Å². The van der Waals surface area contributed by atoms with Gasteiger partial charge in [-0.2, -0.15) is 0 Å². The Morgan fingerprint density at radius 2 is 1.15 bits per heavy atom. The summed E-state index contributed by atoms with van der Waals surface area (Å²) in [5, 5.41) is 13.4. The molecule has 0 spiro atoms. The van der Waals surface area contributed by atoms with Gasteiger partial charge < -0.3 is 14.6 Å². The Morgan fingerprint density at radius 1 is 0.618 bits per heavy atom. The van der Waals surface area contributed by atoms with Crippen molar-refractivity contribution in [2.24, 2.45) is 0 Å². The summed E-state index contributed by atoms with van der Waals surface area (Å²) in [6.45, 7) is 0.103. The highest BCUT2D eigenvalue weighted by molar-refractivity contribution is 6.09. The molecule has 4 heteroatoms. The highest BCUT2D eigenvalue weighted by Gasteiger charge is 2.19. The van der Waals surface area contributed by atoms with Gasteiger partial charge in [0.25, 0.3) is 0 Å².